The Hall–Kier alpha value is -2.51. The third kappa shape index (κ3) is 3.51. The summed E-state index contributed by atoms with van der Waals surface area (Å²) in [6, 6.07) is 3.10. The molecule has 0 spiro atoms. The van der Waals surface area contributed by atoms with Crippen molar-refractivity contribution in [2.45, 2.75) is 0 Å². The van der Waals surface area contributed by atoms with E-state index in [1.807, 2.05) is 0 Å². The lowest BCUT2D eigenvalue weighted by molar-refractivity contribution is -0.117. The van der Waals surface area contributed by atoms with Gasteiger partial charge in [-0.15, -0.1) is 0 Å². The van der Waals surface area contributed by atoms with Crippen LogP contribution in [0.15, 0.2) is 12.1 Å². The molecular weight excluding hydrogens is 238 g/mol. The molecule has 0 saturated heterocycles. The van der Waals surface area contributed by atoms with Crippen LogP contribution in [0.25, 0.3) is 0 Å². The largest absolute Gasteiger partial charge is 0.479 e. The zero-order valence-corrected chi connectivity index (χ0v) is 9.92. The third-order valence-corrected chi connectivity index (χ3v) is 2.09. The summed E-state index contributed by atoms with van der Waals surface area (Å²) in [5.41, 5.74) is 16.1. The van der Waals surface area contributed by atoms with Gasteiger partial charge in [0.2, 0.25) is 17.7 Å². The van der Waals surface area contributed by atoms with Gasteiger partial charge in [0.15, 0.2) is 0 Å². The number of methoxy groups -OCH3 is 1. The lowest BCUT2D eigenvalue weighted by Crippen LogP contribution is -2.40. The van der Waals surface area contributed by atoms with Crippen molar-refractivity contribution < 1.29 is 14.3 Å². The lowest BCUT2D eigenvalue weighted by atomic mass is 10.3. The first-order chi connectivity index (χ1) is 8.43. The van der Waals surface area contributed by atoms with E-state index in [0.29, 0.717) is 11.5 Å². The average molecular weight is 253 g/mol. The van der Waals surface area contributed by atoms with Crippen LogP contribution < -0.4 is 26.8 Å². The molecule has 0 atom stereocenters. The Morgan fingerprint density at radius 1 is 1.28 bits per heavy atom. The Bertz CT molecular complexity index is 447. The molecular formula is C10H15N5O3. The van der Waals surface area contributed by atoms with Crippen LogP contribution in [0, 0.1) is 0 Å². The summed E-state index contributed by atoms with van der Waals surface area (Å²) >= 11 is 0. The SMILES string of the molecule is COc1nc(N(CC(N)=O)CC(N)=O)ccc1N. The Balaban J connectivity index is 3.03. The highest BCUT2D eigenvalue weighted by Gasteiger charge is 2.15. The highest BCUT2D eigenvalue weighted by molar-refractivity contribution is 5.84. The number of rotatable bonds is 6. The summed E-state index contributed by atoms with van der Waals surface area (Å²) in [7, 11) is 1.41. The van der Waals surface area contributed by atoms with Crippen molar-refractivity contribution in [2.75, 3.05) is 30.8 Å². The van der Waals surface area contributed by atoms with E-state index in [9.17, 15) is 9.59 Å². The Kier molecular flexibility index (Phi) is 4.30. The zero-order chi connectivity index (χ0) is 13.7. The van der Waals surface area contributed by atoms with Gasteiger partial charge in [-0.05, 0) is 12.1 Å². The molecule has 0 aliphatic carbocycles. The van der Waals surface area contributed by atoms with E-state index in [-0.39, 0.29) is 19.0 Å². The fourth-order valence-corrected chi connectivity index (χ4v) is 1.38. The lowest BCUT2D eigenvalue weighted by Gasteiger charge is -2.21. The second kappa shape index (κ2) is 5.71. The van der Waals surface area contributed by atoms with Gasteiger partial charge in [0.25, 0.3) is 0 Å². The van der Waals surface area contributed by atoms with Crippen LogP contribution in [-0.2, 0) is 9.59 Å². The quantitative estimate of drug-likeness (QED) is 0.561. The van der Waals surface area contributed by atoms with E-state index in [2.05, 4.69) is 4.98 Å². The summed E-state index contributed by atoms with van der Waals surface area (Å²) in [5, 5.41) is 0. The van der Waals surface area contributed by atoms with Crippen molar-refractivity contribution in [2.24, 2.45) is 11.5 Å². The minimum absolute atomic E-state index is 0.178. The van der Waals surface area contributed by atoms with Gasteiger partial charge < -0.3 is 26.8 Å². The van der Waals surface area contributed by atoms with E-state index in [4.69, 9.17) is 21.9 Å². The summed E-state index contributed by atoms with van der Waals surface area (Å²) in [4.78, 5) is 27.3. The van der Waals surface area contributed by atoms with Crippen molar-refractivity contribution in [3.05, 3.63) is 12.1 Å². The van der Waals surface area contributed by atoms with Crippen LogP contribution >= 0.6 is 0 Å². The number of anilines is 2. The fourth-order valence-electron chi connectivity index (χ4n) is 1.38. The highest BCUT2D eigenvalue weighted by Crippen LogP contribution is 2.22. The van der Waals surface area contributed by atoms with E-state index in [1.54, 1.807) is 12.1 Å². The molecule has 2 amide bonds. The second-order valence-electron chi connectivity index (χ2n) is 3.56. The molecule has 8 nitrogen and oxygen atoms in total. The molecule has 0 bridgehead atoms. The first-order valence-electron chi connectivity index (χ1n) is 5.06. The normalized spacial score (nSPS) is 9.83. The van der Waals surface area contributed by atoms with Crippen molar-refractivity contribution >= 4 is 23.3 Å². The number of hydrogen-bond donors (Lipinski definition) is 3. The molecule has 18 heavy (non-hydrogen) atoms. The molecule has 1 aromatic rings. The van der Waals surface area contributed by atoms with Crippen LogP contribution in [0.3, 0.4) is 0 Å². The van der Waals surface area contributed by atoms with Gasteiger partial charge in [0, 0.05) is 0 Å². The second-order valence-corrected chi connectivity index (χ2v) is 3.56. The number of pyridine rings is 1. The molecule has 1 rings (SSSR count). The molecule has 0 aliphatic rings. The fraction of sp³-hybridized carbons (Fsp3) is 0.300. The number of aromatic nitrogens is 1. The van der Waals surface area contributed by atoms with Crippen molar-refractivity contribution in [1.29, 1.82) is 0 Å². The predicted octanol–water partition coefficient (Wildman–Crippen LogP) is -1.55. The molecule has 6 N–H and O–H groups in total. The number of amides is 2. The summed E-state index contributed by atoms with van der Waals surface area (Å²) in [5.74, 6) is -0.673. The number of ether oxygens (including phenoxy) is 1. The highest BCUT2D eigenvalue weighted by atomic mass is 16.5. The molecule has 0 unspecified atom stereocenters. The molecule has 98 valence electrons. The molecule has 0 aromatic carbocycles. The molecule has 0 fully saturated rings. The smallest absolute Gasteiger partial charge is 0.238 e. The van der Waals surface area contributed by atoms with Crippen LogP contribution in [0.4, 0.5) is 11.5 Å². The number of nitrogen functional groups attached to an aromatic ring is 1. The molecule has 1 aromatic heterocycles. The van der Waals surface area contributed by atoms with Gasteiger partial charge in [-0.2, -0.15) is 4.98 Å². The van der Waals surface area contributed by atoms with E-state index >= 15 is 0 Å². The van der Waals surface area contributed by atoms with Gasteiger partial charge in [-0.25, -0.2) is 0 Å². The van der Waals surface area contributed by atoms with Gasteiger partial charge in [-0.1, -0.05) is 0 Å². The Morgan fingerprint density at radius 3 is 2.28 bits per heavy atom. The summed E-state index contributed by atoms with van der Waals surface area (Å²) < 4.78 is 4.95. The van der Waals surface area contributed by atoms with Crippen LogP contribution in [0.2, 0.25) is 0 Å². The average Bonchev–Trinajstić information content (AvgIpc) is 2.27. The van der Waals surface area contributed by atoms with Gasteiger partial charge in [0.05, 0.1) is 25.9 Å². The summed E-state index contributed by atoms with van der Waals surface area (Å²) in [6.07, 6.45) is 0. The number of primary amides is 2. The zero-order valence-electron chi connectivity index (χ0n) is 9.92. The predicted molar refractivity (Wildman–Crippen MR) is 65.8 cm³/mol. The monoisotopic (exact) mass is 253 g/mol. The van der Waals surface area contributed by atoms with Crippen LogP contribution in [0.1, 0.15) is 0 Å². The third-order valence-electron chi connectivity index (χ3n) is 2.09. The standard InChI is InChI=1S/C10H15N5O3/c1-18-10-6(11)2-3-9(14-10)15(4-7(12)16)5-8(13)17/h2-3H,4-5,11H2,1H3,(H2,12,16)(H2,13,17). The first-order valence-corrected chi connectivity index (χ1v) is 5.06. The van der Waals surface area contributed by atoms with Gasteiger partial charge in [-0.3, -0.25) is 9.59 Å². The number of carbonyl (C=O) groups excluding carboxylic acids is 2. The molecule has 0 aliphatic heterocycles. The van der Waals surface area contributed by atoms with E-state index in [0.717, 1.165) is 0 Å². The minimum atomic E-state index is -0.603. The van der Waals surface area contributed by atoms with Gasteiger partial charge >= 0.3 is 0 Å². The van der Waals surface area contributed by atoms with Crippen LogP contribution in [-0.4, -0.2) is 37.0 Å². The van der Waals surface area contributed by atoms with Crippen molar-refractivity contribution in [3.63, 3.8) is 0 Å². The molecule has 0 saturated carbocycles. The Labute approximate surface area is 104 Å². The molecule has 8 heteroatoms. The van der Waals surface area contributed by atoms with Crippen molar-refractivity contribution in [1.82, 2.24) is 4.98 Å². The maximum atomic E-state index is 10.9. The minimum Gasteiger partial charge on any atom is -0.479 e. The number of carbonyl (C=O) groups is 2. The van der Waals surface area contributed by atoms with E-state index in [1.165, 1.54) is 12.0 Å². The number of nitrogens with two attached hydrogens (primary N) is 3. The first kappa shape index (κ1) is 13.6. The number of nitrogens with zero attached hydrogens (tertiary/aromatic N) is 2. The molecule has 0 radical (unpaired) electrons. The van der Waals surface area contributed by atoms with E-state index < -0.39 is 11.8 Å². The maximum Gasteiger partial charge on any atom is 0.238 e. The van der Waals surface area contributed by atoms with Crippen molar-refractivity contribution in [3.8, 4) is 5.88 Å². The van der Waals surface area contributed by atoms with Gasteiger partial charge in [0.1, 0.15) is 5.82 Å². The topological polar surface area (TPSA) is 138 Å². The van der Waals surface area contributed by atoms with Crippen LogP contribution in [0.5, 0.6) is 5.88 Å². The summed E-state index contributed by atoms with van der Waals surface area (Å²) in [6.45, 7) is -0.355. The number of hydrogen-bond acceptors (Lipinski definition) is 6. The Morgan fingerprint density at radius 2 is 1.83 bits per heavy atom. The maximum absolute atomic E-state index is 10.9. The molecule has 1 heterocycles.